The molecule has 0 aromatic carbocycles. The second kappa shape index (κ2) is 59.5. The van der Waals surface area contributed by atoms with Crippen LogP contribution in [0.15, 0.2) is 134 Å². The van der Waals surface area contributed by atoms with Gasteiger partial charge in [-0.05, 0) is 109 Å². The van der Waals surface area contributed by atoms with Crippen molar-refractivity contribution in [2.24, 2.45) is 0 Å². The number of esters is 2. The van der Waals surface area contributed by atoms with E-state index in [1.54, 1.807) is 0 Å². The van der Waals surface area contributed by atoms with Crippen LogP contribution in [-0.2, 0) is 33.3 Å². The number of allylic oxidation sites excluding steroid dienone is 22. The largest absolute Gasteiger partial charge is 0.545 e. The molecular weight excluding hydrogens is 983 g/mol. The lowest BCUT2D eigenvalue weighted by atomic mass is 10.0. The quantitative estimate of drug-likeness (QED) is 0.0195. The normalized spacial score (nSPS) is 13.7. The van der Waals surface area contributed by atoms with Crippen LogP contribution in [0.3, 0.4) is 0 Å². The van der Waals surface area contributed by atoms with Crippen molar-refractivity contribution in [3.63, 3.8) is 0 Å². The lowest BCUT2D eigenvalue weighted by Gasteiger charge is -2.26. The summed E-state index contributed by atoms with van der Waals surface area (Å²) in [7, 11) is 5.91. The Hall–Kier alpha value is -4.57. The summed E-state index contributed by atoms with van der Waals surface area (Å²) < 4.78 is 22.7. The van der Waals surface area contributed by atoms with Crippen molar-refractivity contribution in [1.82, 2.24) is 0 Å². The third-order valence-electron chi connectivity index (χ3n) is 12.9. The highest BCUT2D eigenvalue weighted by molar-refractivity contribution is 5.70. The molecule has 0 aliphatic carbocycles. The molecule has 0 aromatic heterocycles. The first kappa shape index (κ1) is 74.4. The average Bonchev–Trinajstić information content (AvgIpc) is 3.42. The van der Waals surface area contributed by atoms with Gasteiger partial charge in [0.1, 0.15) is 13.2 Å². The Morgan fingerprint density at radius 1 is 0.380 bits per heavy atom. The first-order chi connectivity index (χ1) is 38.6. The van der Waals surface area contributed by atoms with E-state index in [0.717, 1.165) is 128 Å². The van der Waals surface area contributed by atoms with Gasteiger partial charge in [-0.1, -0.05) is 244 Å². The molecule has 0 radical (unpaired) electrons. The van der Waals surface area contributed by atoms with Crippen LogP contribution >= 0.6 is 0 Å². The molecule has 448 valence electrons. The van der Waals surface area contributed by atoms with Gasteiger partial charge in [0.25, 0.3) is 0 Å². The molecule has 0 N–H and O–H groups in total. The van der Waals surface area contributed by atoms with Gasteiger partial charge in [-0.3, -0.25) is 9.59 Å². The smallest absolute Gasteiger partial charge is 0.306 e. The first-order valence-corrected chi connectivity index (χ1v) is 31.3. The lowest BCUT2D eigenvalue weighted by molar-refractivity contribution is -0.870. The number of carboxylic acids is 1. The van der Waals surface area contributed by atoms with E-state index in [1.807, 2.05) is 21.1 Å². The van der Waals surface area contributed by atoms with Gasteiger partial charge in [-0.25, -0.2) is 0 Å². The van der Waals surface area contributed by atoms with E-state index >= 15 is 0 Å². The molecule has 0 aromatic rings. The van der Waals surface area contributed by atoms with Gasteiger partial charge in [-0.2, -0.15) is 0 Å². The number of ether oxygens (including phenoxy) is 4. The summed E-state index contributed by atoms with van der Waals surface area (Å²) in [6.07, 6.45) is 82.1. The zero-order valence-electron chi connectivity index (χ0n) is 50.9. The first-order valence-electron chi connectivity index (χ1n) is 31.3. The van der Waals surface area contributed by atoms with Gasteiger partial charge in [0, 0.05) is 12.8 Å². The van der Waals surface area contributed by atoms with E-state index < -0.39 is 24.3 Å². The summed E-state index contributed by atoms with van der Waals surface area (Å²) >= 11 is 0. The van der Waals surface area contributed by atoms with Crippen molar-refractivity contribution in [2.45, 2.75) is 245 Å². The Morgan fingerprint density at radius 2 is 0.684 bits per heavy atom. The topological polar surface area (TPSA) is 111 Å². The molecule has 79 heavy (non-hydrogen) atoms. The molecule has 0 aliphatic heterocycles. The summed E-state index contributed by atoms with van der Waals surface area (Å²) in [6, 6.07) is 0. The number of nitrogens with zero attached hydrogens (tertiary/aromatic N) is 1. The summed E-state index contributed by atoms with van der Waals surface area (Å²) in [4.78, 5) is 37.4. The number of hydrogen-bond acceptors (Lipinski definition) is 8. The zero-order chi connectivity index (χ0) is 57.6. The van der Waals surface area contributed by atoms with E-state index in [4.69, 9.17) is 18.9 Å². The van der Waals surface area contributed by atoms with Crippen molar-refractivity contribution in [1.29, 1.82) is 0 Å². The molecule has 0 saturated heterocycles. The maximum Gasteiger partial charge on any atom is 0.306 e. The van der Waals surface area contributed by atoms with Crippen LogP contribution in [0.2, 0.25) is 0 Å². The minimum atomic E-state index is -1.63. The van der Waals surface area contributed by atoms with Crippen LogP contribution in [0.5, 0.6) is 0 Å². The number of aliphatic carboxylic acids is 1. The number of quaternary nitrogens is 1. The predicted molar refractivity (Wildman–Crippen MR) is 333 cm³/mol. The van der Waals surface area contributed by atoms with E-state index in [-0.39, 0.29) is 38.6 Å². The number of carbonyl (C=O) groups is 3. The number of unbranched alkanes of at least 4 members (excludes halogenated alkanes) is 19. The van der Waals surface area contributed by atoms with Gasteiger partial charge in [-0.15, -0.1) is 0 Å². The third-order valence-corrected chi connectivity index (χ3v) is 12.9. The molecule has 0 fully saturated rings. The number of rotatable bonds is 56. The van der Waals surface area contributed by atoms with Gasteiger partial charge in [0.05, 0.1) is 40.3 Å². The highest BCUT2D eigenvalue weighted by Gasteiger charge is 2.22. The Morgan fingerprint density at radius 3 is 1.01 bits per heavy atom. The second-order valence-corrected chi connectivity index (χ2v) is 21.6. The van der Waals surface area contributed by atoms with Crippen LogP contribution in [0, 0.1) is 0 Å². The van der Waals surface area contributed by atoms with Gasteiger partial charge >= 0.3 is 11.9 Å². The summed E-state index contributed by atoms with van der Waals surface area (Å²) in [5.74, 6) is -2.31. The molecule has 9 heteroatoms. The van der Waals surface area contributed by atoms with Gasteiger partial charge < -0.3 is 33.3 Å². The van der Waals surface area contributed by atoms with Crippen LogP contribution in [-0.4, -0.2) is 82.3 Å². The molecule has 0 heterocycles. The third kappa shape index (κ3) is 60.9. The molecular formula is C70H115NO8. The predicted octanol–water partition coefficient (Wildman–Crippen LogP) is 17.7. The second-order valence-electron chi connectivity index (χ2n) is 21.6. The summed E-state index contributed by atoms with van der Waals surface area (Å²) in [5.41, 5.74) is 0. The van der Waals surface area contributed by atoms with E-state index in [0.29, 0.717) is 17.4 Å². The SMILES string of the molecule is CC/C=C\C/C=C\C/C=C\C/C=C\C/C=C\C/C=C\CCCCCCCCCCCCC(=O)OC(COC(=O)CCCCCCCCCCC/C=C\C/C=C\C/C=C\C/C=C\C/C=C\CC)COC(OCC[N+](C)(C)C)C(=O)[O-]. The van der Waals surface area contributed by atoms with Crippen molar-refractivity contribution < 1.29 is 42.9 Å². The fourth-order valence-electron chi connectivity index (χ4n) is 8.15. The fourth-order valence-corrected chi connectivity index (χ4v) is 8.15. The zero-order valence-corrected chi connectivity index (χ0v) is 50.9. The Balaban J connectivity index is 4.26. The number of carboxylic acid groups (broad SMARTS) is 1. The molecule has 0 aliphatic rings. The minimum absolute atomic E-state index is 0.139. The molecule has 0 amide bonds. The van der Waals surface area contributed by atoms with Crippen LogP contribution in [0.25, 0.3) is 0 Å². The van der Waals surface area contributed by atoms with Crippen molar-refractivity contribution in [2.75, 3.05) is 47.5 Å². The molecule has 2 atom stereocenters. The highest BCUT2D eigenvalue weighted by atomic mass is 16.7. The number of hydrogen-bond donors (Lipinski definition) is 0. The highest BCUT2D eigenvalue weighted by Crippen LogP contribution is 2.15. The van der Waals surface area contributed by atoms with Gasteiger partial charge in [0.2, 0.25) is 0 Å². The minimum Gasteiger partial charge on any atom is -0.545 e. The fraction of sp³-hybridized carbons (Fsp3) is 0.643. The van der Waals surface area contributed by atoms with Gasteiger partial charge in [0.15, 0.2) is 12.4 Å². The van der Waals surface area contributed by atoms with Crippen molar-refractivity contribution in [3.05, 3.63) is 134 Å². The standard InChI is InChI=1S/C70H115NO8/c1-6-8-10-12-14-16-18-20-22-24-26-28-30-32-33-34-35-37-39-41-43-45-47-49-51-53-55-57-59-61-68(73)79-66(65-78-70(69(74)75)76-63-62-71(3,4)5)64-77-67(72)60-58-56-54-52-50-48-46-44-42-40-38-36-31-29-27-25-23-21-19-17-15-13-11-9-7-2/h8-11,14-17,20-23,26-29,32-33,35-38,66,70H,6-7,12-13,18-19,24-25,30-31,34,39-65H2,1-5H3/b10-8-,11-9-,16-14-,17-15-,22-20-,23-21-,28-26-,29-27-,33-32-,37-35-,38-36-. The molecule has 0 saturated carbocycles. The Bertz CT molecular complexity index is 1750. The number of carbonyl (C=O) groups excluding carboxylic acids is 3. The average molecular weight is 1100 g/mol. The van der Waals surface area contributed by atoms with Crippen molar-refractivity contribution in [3.8, 4) is 0 Å². The van der Waals surface area contributed by atoms with Crippen LogP contribution in [0.4, 0.5) is 0 Å². The molecule has 9 nitrogen and oxygen atoms in total. The van der Waals surface area contributed by atoms with E-state index in [9.17, 15) is 19.5 Å². The van der Waals surface area contributed by atoms with Crippen LogP contribution < -0.4 is 5.11 Å². The molecule has 0 bridgehead atoms. The lowest BCUT2D eigenvalue weighted by Crippen LogP contribution is -2.44. The van der Waals surface area contributed by atoms with E-state index in [2.05, 4.69) is 148 Å². The molecule has 0 rings (SSSR count). The van der Waals surface area contributed by atoms with Crippen molar-refractivity contribution >= 4 is 17.9 Å². The van der Waals surface area contributed by atoms with Crippen LogP contribution in [0.1, 0.15) is 232 Å². The summed E-state index contributed by atoms with van der Waals surface area (Å²) in [5, 5.41) is 11.8. The Labute approximate surface area is 484 Å². The monoisotopic (exact) mass is 1100 g/mol. The molecule has 2 unspecified atom stereocenters. The maximum absolute atomic E-state index is 12.9. The maximum atomic E-state index is 12.9. The van der Waals surface area contributed by atoms with E-state index in [1.165, 1.54) is 70.6 Å². The molecule has 0 spiro atoms. The number of likely N-dealkylation sites (N-methyl/N-ethyl adjacent to an activating group) is 1. The Kier molecular flexibility index (Phi) is 56.1. The summed E-state index contributed by atoms with van der Waals surface area (Å²) in [6.45, 7) is 4.50.